The van der Waals surface area contributed by atoms with Gasteiger partial charge in [0.2, 0.25) is 0 Å². The molecule has 1 aliphatic rings. The van der Waals surface area contributed by atoms with Crippen molar-refractivity contribution in [3.05, 3.63) is 58.0 Å². The fourth-order valence-electron chi connectivity index (χ4n) is 3.47. The Hall–Kier alpha value is -1.92. The highest BCUT2D eigenvalue weighted by molar-refractivity contribution is 9.10. The molecule has 27 heavy (non-hydrogen) atoms. The van der Waals surface area contributed by atoms with Gasteiger partial charge in [-0.05, 0) is 56.2 Å². The van der Waals surface area contributed by atoms with Crippen molar-refractivity contribution in [3.8, 4) is 5.75 Å². The average molecular weight is 445 g/mol. The van der Waals surface area contributed by atoms with Crippen LogP contribution in [0.5, 0.6) is 5.75 Å². The minimum atomic E-state index is -0.500. The van der Waals surface area contributed by atoms with Gasteiger partial charge in [-0.2, -0.15) is 0 Å². The number of nitrogens with zero attached hydrogens (tertiary/aromatic N) is 2. The van der Waals surface area contributed by atoms with Crippen LogP contribution in [-0.4, -0.2) is 35.0 Å². The lowest BCUT2D eigenvalue weighted by Crippen LogP contribution is -2.45. The maximum Gasteiger partial charge on any atom is 0.263 e. The van der Waals surface area contributed by atoms with Crippen LogP contribution in [0.1, 0.15) is 30.7 Å². The van der Waals surface area contributed by atoms with Crippen LogP contribution in [0.15, 0.2) is 53.0 Å². The molecule has 0 spiro atoms. The molecule has 0 saturated carbocycles. The van der Waals surface area contributed by atoms with Gasteiger partial charge < -0.3 is 9.64 Å². The molecule has 2 aromatic carbocycles. The molecule has 3 aromatic rings. The summed E-state index contributed by atoms with van der Waals surface area (Å²) in [4.78, 5) is 19.6. The van der Waals surface area contributed by atoms with E-state index in [0.717, 1.165) is 34.4 Å². The standard InChI is InChI=1S/C21H21BrN2O2S/c1-14(26-17-10-8-16(22)9-11-17)21(25)24-12-4-5-15(13-24)20-23-18-6-2-3-7-19(18)27-20/h2-3,6-11,14-15H,4-5,12-13H2,1H3/t14-,15+/m1/s1. The molecule has 0 aliphatic carbocycles. The monoisotopic (exact) mass is 444 g/mol. The summed E-state index contributed by atoms with van der Waals surface area (Å²) in [6, 6.07) is 15.8. The molecular weight excluding hydrogens is 424 g/mol. The maximum absolute atomic E-state index is 12.9. The molecule has 1 amide bonds. The zero-order valence-electron chi connectivity index (χ0n) is 15.1. The second kappa shape index (κ2) is 7.98. The van der Waals surface area contributed by atoms with Crippen LogP contribution < -0.4 is 4.74 Å². The van der Waals surface area contributed by atoms with E-state index in [-0.39, 0.29) is 5.91 Å². The first kappa shape index (κ1) is 18.4. The summed E-state index contributed by atoms with van der Waals surface area (Å²) in [6.07, 6.45) is 1.57. The zero-order chi connectivity index (χ0) is 18.8. The quantitative estimate of drug-likeness (QED) is 0.552. The van der Waals surface area contributed by atoms with Gasteiger partial charge in [-0.3, -0.25) is 4.79 Å². The molecule has 0 N–H and O–H groups in total. The summed E-state index contributed by atoms with van der Waals surface area (Å²) < 4.78 is 8.05. The summed E-state index contributed by atoms with van der Waals surface area (Å²) in [5.41, 5.74) is 1.05. The Morgan fingerprint density at radius 3 is 2.81 bits per heavy atom. The number of ether oxygens (including phenoxy) is 1. The first-order chi connectivity index (χ1) is 13.1. The highest BCUT2D eigenvalue weighted by atomic mass is 79.9. The van der Waals surface area contributed by atoms with E-state index in [1.165, 1.54) is 4.70 Å². The van der Waals surface area contributed by atoms with Gasteiger partial charge in [-0.25, -0.2) is 4.98 Å². The van der Waals surface area contributed by atoms with E-state index in [0.29, 0.717) is 18.2 Å². The van der Waals surface area contributed by atoms with Crippen molar-refractivity contribution < 1.29 is 9.53 Å². The van der Waals surface area contributed by atoms with Gasteiger partial charge in [0, 0.05) is 23.5 Å². The molecule has 4 nitrogen and oxygen atoms in total. The van der Waals surface area contributed by atoms with Crippen molar-refractivity contribution in [1.29, 1.82) is 0 Å². The van der Waals surface area contributed by atoms with Crippen molar-refractivity contribution in [2.75, 3.05) is 13.1 Å². The van der Waals surface area contributed by atoms with E-state index in [9.17, 15) is 4.79 Å². The molecule has 4 rings (SSSR count). The number of rotatable bonds is 4. The van der Waals surface area contributed by atoms with Crippen LogP contribution in [0.4, 0.5) is 0 Å². The normalized spacial score (nSPS) is 18.4. The molecule has 1 fully saturated rings. The number of benzene rings is 2. The highest BCUT2D eigenvalue weighted by Gasteiger charge is 2.30. The SMILES string of the molecule is C[C@@H](Oc1ccc(Br)cc1)C(=O)N1CCC[C@H](c2nc3ccccc3s2)C1. The van der Waals surface area contributed by atoms with Gasteiger partial charge in [0.05, 0.1) is 15.2 Å². The summed E-state index contributed by atoms with van der Waals surface area (Å²) in [6.45, 7) is 3.33. The first-order valence-corrected chi connectivity index (χ1v) is 10.8. The molecule has 6 heteroatoms. The minimum absolute atomic E-state index is 0.0451. The van der Waals surface area contributed by atoms with E-state index in [1.807, 2.05) is 48.2 Å². The van der Waals surface area contributed by atoms with Crippen molar-refractivity contribution in [2.24, 2.45) is 0 Å². The Bertz CT molecular complexity index is 908. The van der Waals surface area contributed by atoms with E-state index in [4.69, 9.17) is 9.72 Å². The number of hydrogen-bond donors (Lipinski definition) is 0. The number of para-hydroxylation sites is 1. The highest BCUT2D eigenvalue weighted by Crippen LogP contribution is 2.33. The number of likely N-dealkylation sites (tertiary alicyclic amines) is 1. The van der Waals surface area contributed by atoms with Gasteiger partial charge in [-0.1, -0.05) is 28.1 Å². The number of fused-ring (bicyclic) bond motifs is 1. The topological polar surface area (TPSA) is 42.4 Å². The molecule has 1 aliphatic heterocycles. The Labute approximate surface area is 171 Å². The number of carbonyl (C=O) groups is 1. The van der Waals surface area contributed by atoms with E-state index in [2.05, 4.69) is 28.1 Å². The Morgan fingerprint density at radius 2 is 2.04 bits per heavy atom. The number of hydrogen-bond acceptors (Lipinski definition) is 4. The molecular formula is C21H21BrN2O2S. The maximum atomic E-state index is 12.9. The molecule has 2 heterocycles. The molecule has 0 unspecified atom stereocenters. The molecule has 140 valence electrons. The predicted molar refractivity (Wildman–Crippen MR) is 112 cm³/mol. The van der Waals surface area contributed by atoms with Crippen LogP contribution in [-0.2, 0) is 4.79 Å². The first-order valence-electron chi connectivity index (χ1n) is 9.16. The summed E-state index contributed by atoms with van der Waals surface area (Å²) in [5, 5.41) is 1.13. The van der Waals surface area contributed by atoms with Crippen molar-refractivity contribution in [1.82, 2.24) is 9.88 Å². The zero-order valence-corrected chi connectivity index (χ0v) is 17.5. The molecule has 1 saturated heterocycles. The third-order valence-electron chi connectivity index (χ3n) is 4.87. The lowest BCUT2D eigenvalue weighted by atomic mass is 9.98. The minimum Gasteiger partial charge on any atom is -0.481 e. The largest absolute Gasteiger partial charge is 0.481 e. The summed E-state index contributed by atoms with van der Waals surface area (Å²) in [5.74, 6) is 1.06. The fourth-order valence-corrected chi connectivity index (χ4v) is 4.83. The van der Waals surface area contributed by atoms with Crippen LogP contribution in [0.3, 0.4) is 0 Å². The van der Waals surface area contributed by atoms with Crippen LogP contribution in [0, 0.1) is 0 Å². The Kier molecular flexibility index (Phi) is 5.45. The lowest BCUT2D eigenvalue weighted by molar-refractivity contribution is -0.139. The average Bonchev–Trinajstić information content (AvgIpc) is 3.13. The van der Waals surface area contributed by atoms with E-state index < -0.39 is 6.10 Å². The molecule has 0 radical (unpaired) electrons. The van der Waals surface area contributed by atoms with Crippen molar-refractivity contribution in [3.63, 3.8) is 0 Å². The summed E-state index contributed by atoms with van der Waals surface area (Å²) in [7, 11) is 0. The van der Waals surface area contributed by atoms with E-state index >= 15 is 0 Å². The van der Waals surface area contributed by atoms with Gasteiger partial charge in [-0.15, -0.1) is 11.3 Å². The Morgan fingerprint density at radius 1 is 1.26 bits per heavy atom. The number of amides is 1. The van der Waals surface area contributed by atoms with Gasteiger partial charge in [0.25, 0.3) is 5.91 Å². The molecule has 1 aromatic heterocycles. The third kappa shape index (κ3) is 4.17. The second-order valence-electron chi connectivity index (χ2n) is 6.86. The Balaban J connectivity index is 1.43. The number of piperidine rings is 1. The van der Waals surface area contributed by atoms with Gasteiger partial charge in [0.1, 0.15) is 5.75 Å². The number of aromatic nitrogens is 1. The summed E-state index contributed by atoms with van der Waals surface area (Å²) >= 11 is 5.15. The van der Waals surface area contributed by atoms with Gasteiger partial charge >= 0.3 is 0 Å². The van der Waals surface area contributed by atoms with Crippen LogP contribution >= 0.6 is 27.3 Å². The lowest BCUT2D eigenvalue weighted by Gasteiger charge is -2.33. The number of thiazole rings is 1. The molecule has 2 atom stereocenters. The number of halogens is 1. The van der Waals surface area contributed by atoms with Crippen molar-refractivity contribution >= 4 is 43.4 Å². The second-order valence-corrected chi connectivity index (χ2v) is 8.84. The van der Waals surface area contributed by atoms with Crippen LogP contribution in [0.25, 0.3) is 10.2 Å². The molecule has 0 bridgehead atoms. The van der Waals surface area contributed by atoms with Crippen LogP contribution in [0.2, 0.25) is 0 Å². The fraction of sp³-hybridized carbons (Fsp3) is 0.333. The third-order valence-corrected chi connectivity index (χ3v) is 6.59. The van der Waals surface area contributed by atoms with Crippen molar-refractivity contribution in [2.45, 2.75) is 31.8 Å². The predicted octanol–water partition coefficient (Wildman–Crippen LogP) is 5.23. The smallest absolute Gasteiger partial charge is 0.263 e. The van der Waals surface area contributed by atoms with Gasteiger partial charge in [0.15, 0.2) is 6.10 Å². The number of carbonyl (C=O) groups excluding carboxylic acids is 1. The van der Waals surface area contributed by atoms with E-state index in [1.54, 1.807) is 11.3 Å².